The molecule has 0 aliphatic carbocycles. The molecule has 0 radical (unpaired) electrons. The summed E-state index contributed by atoms with van der Waals surface area (Å²) in [7, 11) is 0. The zero-order chi connectivity index (χ0) is 11.5. The van der Waals surface area contributed by atoms with E-state index in [4.69, 9.17) is 14.3 Å². The van der Waals surface area contributed by atoms with Crippen molar-refractivity contribution in [1.82, 2.24) is 4.90 Å². The molecule has 0 bridgehead atoms. The lowest BCUT2D eigenvalue weighted by molar-refractivity contribution is -0.0447. The van der Waals surface area contributed by atoms with E-state index in [0.717, 1.165) is 5.76 Å². The number of rotatable bonds is 2. The highest BCUT2D eigenvalue weighted by Gasteiger charge is 2.25. The molecule has 1 saturated heterocycles. The van der Waals surface area contributed by atoms with Gasteiger partial charge < -0.3 is 19.2 Å². The molecule has 5 heteroatoms. The highest BCUT2D eigenvalue weighted by molar-refractivity contribution is 5.94. The zero-order valence-electron chi connectivity index (χ0n) is 9.18. The van der Waals surface area contributed by atoms with Crippen LogP contribution in [0.2, 0.25) is 0 Å². The van der Waals surface area contributed by atoms with Crippen LogP contribution in [0.15, 0.2) is 16.7 Å². The first-order chi connectivity index (χ1) is 7.70. The molecule has 2 heterocycles. The number of nitrogens with zero attached hydrogens (tertiary/aromatic N) is 1. The second-order valence-electron chi connectivity index (χ2n) is 3.87. The lowest BCUT2D eigenvalue weighted by Gasteiger charge is -2.31. The van der Waals surface area contributed by atoms with E-state index in [2.05, 4.69) is 0 Å². The summed E-state index contributed by atoms with van der Waals surface area (Å²) in [5.41, 5.74) is 0.552. The van der Waals surface area contributed by atoms with E-state index >= 15 is 0 Å². The van der Waals surface area contributed by atoms with Crippen LogP contribution in [-0.4, -0.2) is 48.3 Å². The van der Waals surface area contributed by atoms with Crippen molar-refractivity contribution in [3.8, 4) is 0 Å². The maximum absolute atomic E-state index is 12.0. The van der Waals surface area contributed by atoms with E-state index < -0.39 is 0 Å². The number of hydrogen-bond donors (Lipinski definition) is 1. The predicted octanol–water partition coefficient (Wildman–Crippen LogP) is 0.421. The van der Waals surface area contributed by atoms with Gasteiger partial charge in [-0.15, -0.1) is 0 Å². The summed E-state index contributed by atoms with van der Waals surface area (Å²) in [6.07, 6.45) is 1.19. The van der Waals surface area contributed by atoms with Crippen molar-refractivity contribution >= 4 is 5.91 Å². The average Bonchev–Trinajstić information content (AvgIpc) is 2.75. The minimum Gasteiger partial charge on any atom is -0.469 e. The molecule has 5 nitrogen and oxygen atoms in total. The van der Waals surface area contributed by atoms with Crippen LogP contribution in [0.1, 0.15) is 16.1 Å². The molecular formula is C11H15NO4. The van der Waals surface area contributed by atoms with Gasteiger partial charge in [0.05, 0.1) is 24.9 Å². The van der Waals surface area contributed by atoms with Crippen LogP contribution in [0, 0.1) is 6.92 Å². The smallest absolute Gasteiger partial charge is 0.257 e. The third kappa shape index (κ3) is 2.25. The molecule has 88 valence electrons. The molecule has 2 rings (SSSR count). The number of carbonyl (C=O) groups excluding carboxylic acids is 1. The fourth-order valence-corrected chi connectivity index (χ4v) is 1.75. The summed E-state index contributed by atoms with van der Waals surface area (Å²) in [5.74, 6) is 0.647. The van der Waals surface area contributed by atoms with Crippen LogP contribution >= 0.6 is 0 Å². The highest BCUT2D eigenvalue weighted by atomic mass is 16.5. The summed E-state index contributed by atoms with van der Waals surface area (Å²) >= 11 is 0. The molecule has 1 aromatic heterocycles. The van der Waals surface area contributed by atoms with Crippen molar-refractivity contribution in [2.45, 2.75) is 13.0 Å². The number of hydrogen-bond acceptors (Lipinski definition) is 4. The van der Waals surface area contributed by atoms with E-state index in [-0.39, 0.29) is 18.6 Å². The molecule has 1 amide bonds. The third-order valence-corrected chi connectivity index (χ3v) is 2.61. The molecule has 1 unspecified atom stereocenters. The largest absolute Gasteiger partial charge is 0.469 e. The molecule has 1 aliphatic heterocycles. The van der Waals surface area contributed by atoms with Gasteiger partial charge in [0.15, 0.2) is 0 Å². The van der Waals surface area contributed by atoms with Crippen LogP contribution in [-0.2, 0) is 4.74 Å². The standard InChI is InChI=1S/C11H15NO4/c1-8-4-9(7-16-8)11(14)12-2-3-15-10(5-12)6-13/h4,7,10,13H,2-3,5-6H2,1H3. The number of amides is 1. The summed E-state index contributed by atoms with van der Waals surface area (Å²) < 4.78 is 10.4. The minimum atomic E-state index is -0.273. The van der Waals surface area contributed by atoms with Crippen LogP contribution in [0.5, 0.6) is 0 Å². The summed E-state index contributed by atoms with van der Waals surface area (Å²) in [6.45, 7) is 3.19. The van der Waals surface area contributed by atoms with Crippen molar-refractivity contribution in [3.05, 3.63) is 23.7 Å². The fraction of sp³-hybridized carbons (Fsp3) is 0.545. The molecule has 0 aromatic carbocycles. The van der Waals surface area contributed by atoms with Crippen molar-refractivity contribution in [1.29, 1.82) is 0 Å². The van der Waals surface area contributed by atoms with E-state index in [1.54, 1.807) is 17.9 Å². The van der Waals surface area contributed by atoms with Gasteiger partial charge >= 0.3 is 0 Å². The maximum atomic E-state index is 12.0. The monoisotopic (exact) mass is 225 g/mol. The quantitative estimate of drug-likeness (QED) is 0.792. The number of carbonyl (C=O) groups is 1. The van der Waals surface area contributed by atoms with Crippen LogP contribution < -0.4 is 0 Å². The first kappa shape index (κ1) is 11.2. The first-order valence-electron chi connectivity index (χ1n) is 5.27. The van der Waals surface area contributed by atoms with Gasteiger partial charge in [-0.3, -0.25) is 4.79 Å². The maximum Gasteiger partial charge on any atom is 0.257 e. The van der Waals surface area contributed by atoms with Gasteiger partial charge in [0.1, 0.15) is 12.0 Å². The number of morpholine rings is 1. The second kappa shape index (κ2) is 4.67. The lowest BCUT2D eigenvalue weighted by atomic mass is 10.2. The lowest BCUT2D eigenvalue weighted by Crippen LogP contribution is -2.46. The fourth-order valence-electron chi connectivity index (χ4n) is 1.75. The van der Waals surface area contributed by atoms with Gasteiger partial charge in [-0.1, -0.05) is 0 Å². The number of aliphatic hydroxyl groups excluding tert-OH is 1. The molecule has 1 aromatic rings. The molecule has 1 aliphatic rings. The Balaban J connectivity index is 2.04. The number of aryl methyl sites for hydroxylation is 1. The topological polar surface area (TPSA) is 62.9 Å². The van der Waals surface area contributed by atoms with Gasteiger partial charge in [0, 0.05) is 13.1 Å². The molecular weight excluding hydrogens is 210 g/mol. The van der Waals surface area contributed by atoms with Crippen LogP contribution in [0.4, 0.5) is 0 Å². The Morgan fingerprint density at radius 3 is 3.12 bits per heavy atom. The Morgan fingerprint density at radius 1 is 1.69 bits per heavy atom. The SMILES string of the molecule is Cc1cc(C(=O)N2CCOC(CO)C2)co1. The minimum absolute atomic E-state index is 0.0613. The van der Waals surface area contributed by atoms with Gasteiger partial charge in [-0.05, 0) is 13.0 Å². The van der Waals surface area contributed by atoms with Crippen molar-refractivity contribution in [2.75, 3.05) is 26.3 Å². The predicted molar refractivity (Wildman–Crippen MR) is 56.2 cm³/mol. The molecule has 1 atom stereocenters. The van der Waals surface area contributed by atoms with E-state index in [1.807, 2.05) is 0 Å². The van der Waals surface area contributed by atoms with Gasteiger partial charge in [-0.2, -0.15) is 0 Å². The zero-order valence-corrected chi connectivity index (χ0v) is 9.18. The van der Waals surface area contributed by atoms with Crippen molar-refractivity contribution in [2.24, 2.45) is 0 Å². The number of ether oxygens (including phenoxy) is 1. The Bertz CT molecular complexity index is 374. The summed E-state index contributed by atoms with van der Waals surface area (Å²) in [6, 6.07) is 1.71. The molecule has 1 N–H and O–H groups in total. The number of furan rings is 1. The third-order valence-electron chi connectivity index (χ3n) is 2.61. The Morgan fingerprint density at radius 2 is 2.50 bits per heavy atom. The summed E-state index contributed by atoms with van der Waals surface area (Å²) in [4.78, 5) is 13.7. The van der Waals surface area contributed by atoms with E-state index in [9.17, 15) is 4.79 Å². The van der Waals surface area contributed by atoms with Gasteiger partial charge in [-0.25, -0.2) is 0 Å². The highest BCUT2D eigenvalue weighted by Crippen LogP contribution is 2.13. The van der Waals surface area contributed by atoms with Crippen molar-refractivity contribution in [3.63, 3.8) is 0 Å². The summed E-state index contributed by atoms with van der Waals surface area (Å²) in [5, 5.41) is 8.98. The number of aliphatic hydroxyl groups is 1. The Kier molecular flexibility index (Phi) is 3.26. The second-order valence-corrected chi connectivity index (χ2v) is 3.87. The molecule has 0 spiro atoms. The Labute approximate surface area is 93.6 Å². The van der Waals surface area contributed by atoms with Crippen LogP contribution in [0.3, 0.4) is 0 Å². The van der Waals surface area contributed by atoms with E-state index in [0.29, 0.717) is 25.3 Å². The molecule has 1 fully saturated rings. The van der Waals surface area contributed by atoms with E-state index in [1.165, 1.54) is 6.26 Å². The molecule has 0 saturated carbocycles. The van der Waals surface area contributed by atoms with Gasteiger partial charge in [0.2, 0.25) is 0 Å². The van der Waals surface area contributed by atoms with Crippen molar-refractivity contribution < 1.29 is 19.1 Å². The Hall–Kier alpha value is -1.33. The first-order valence-corrected chi connectivity index (χ1v) is 5.27. The average molecular weight is 225 g/mol. The molecule has 16 heavy (non-hydrogen) atoms. The normalized spacial score (nSPS) is 21.1. The van der Waals surface area contributed by atoms with Crippen LogP contribution in [0.25, 0.3) is 0 Å². The van der Waals surface area contributed by atoms with Gasteiger partial charge in [0.25, 0.3) is 5.91 Å².